The van der Waals surface area contributed by atoms with Crippen LogP contribution >= 0.6 is 0 Å². The van der Waals surface area contributed by atoms with Crippen molar-refractivity contribution in [2.45, 2.75) is 6.92 Å². The summed E-state index contributed by atoms with van der Waals surface area (Å²) < 4.78 is 0.500. The Labute approximate surface area is 95.2 Å². The Balaban J connectivity index is 3.07. The highest BCUT2D eigenvalue weighted by Crippen LogP contribution is 2.04. The Morgan fingerprint density at radius 3 is 2.24 bits per heavy atom. The van der Waals surface area contributed by atoms with Gasteiger partial charge in [0.25, 0.3) is 11.8 Å². The number of aliphatic hydroxyl groups is 1. The number of urea groups is 1. The molecule has 0 unspecified atom stereocenters. The van der Waals surface area contributed by atoms with Crippen LogP contribution < -0.4 is 16.5 Å². The SMILES string of the molecule is C/C(C1C(=O)NC(=O)NC1=O)=[N+](/N)C(=O)CO. The lowest BCUT2D eigenvalue weighted by Crippen LogP contribution is -2.59. The summed E-state index contributed by atoms with van der Waals surface area (Å²) in [5.41, 5.74) is -0.0912. The lowest BCUT2D eigenvalue weighted by Gasteiger charge is -2.18. The topological polar surface area (TPSA) is 142 Å². The van der Waals surface area contributed by atoms with Gasteiger partial charge in [0, 0.05) is 6.92 Å². The molecule has 0 aromatic rings. The Bertz CT molecular complexity index is 421. The number of barbiturate groups is 1. The van der Waals surface area contributed by atoms with Gasteiger partial charge in [-0.05, 0) is 0 Å². The van der Waals surface area contributed by atoms with Crippen molar-refractivity contribution < 1.29 is 29.0 Å². The number of nitrogens with one attached hydrogen (secondary N) is 2. The number of nitrogens with two attached hydrogens (primary N) is 1. The molecule has 9 nitrogen and oxygen atoms in total. The lowest BCUT2D eigenvalue weighted by molar-refractivity contribution is -0.463. The molecule has 92 valence electrons. The molecule has 9 heteroatoms. The first-order valence-corrected chi connectivity index (χ1v) is 4.56. The second kappa shape index (κ2) is 4.70. The van der Waals surface area contributed by atoms with Crippen molar-refractivity contribution in [2.75, 3.05) is 6.61 Å². The van der Waals surface area contributed by atoms with Crippen LogP contribution in [0.3, 0.4) is 0 Å². The Morgan fingerprint density at radius 2 is 1.82 bits per heavy atom. The lowest BCUT2D eigenvalue weighted by atomic mass is 10.0. The van der Waals surface area contributed by atoms with E-state index in [9.17, 15) is 19.2 Å². The quantitative estimate of drug-likeness (QED) is 0.101. The van der Waals surface area contributed by atoms with Gasteiger partial charge >= 0.3 is 11.9 Å². The number of rotatable bonds is 2. The van der Waals surface area contributed by atoms with Gasteiger partial charge < -0.3 is 5.11 Å². The number of nitrogens with zero attached hydrogens (tertiary/aromatic N) is 1. The first-order chi connectivity index (χ1) is 7.88. The van der Waals surface area contributed by atoms with Gasteiger partial charge in [-0.1, -0.05) is 4.68 Å². The number of carbonyl (C=O) groups is 4. The normalized spacial score (nSPS) is 18.4. The van der Waals surface area contributed by atoms with Crippen LogP contribution in [0.4, 0.5) is 4.79 Å². The molecule has 0 aromatic carbocycles. The highest BCUT2D eigenvalue weighted by atomic mass is 16.3. The van der Waals surface area contributed by atoms with Crippen molar-refractivity contribution >= 4 is 29.5 Å². The van der Waals surface area contributed by atoms with E-state index >= 15 is 0 Å². The monoisotopic (exact) mass is 243 g/mol. The van der Waals surface area contributed by atoms with Gasteiger partial charge in [-0.25, -0.2) is 15.4 Å². The summed E-state index contributed by atoms with van der Waals surface area (Å²) in [5, 5.41) is 12.3. The summed E-state index contributed by atoms with van der Waals surface area (Å²) in [4.78, 5) is 44.7. The van der Waals surface area contributed by atoms with E-state index in [1.54, 1.807) is 0 Å². The van der Waals surface area contributed by atoms with E-state index in [4.69, 9.17) is 10.9 Å². The van der Waals surface area contributed by atoms with Gasteiger partial charge in [0.15, 0.2) is 12.5 Å². The van der Waals surface area contributed by atoms with E-state index in [-0.39, 0.29) is 5.71 Å². The average molecular weight is 243 g/mol. The molecule has 1 fully saturated rings. The van der Waals surface area contributed by atoms with Crippen molar-refractivity contribution in [3.05, 3.63) is 0 Å². The maximum atomic E-state index is 11.4. The Hall–Kier alpha value is -2.29. The third-order valence-corrected chi connectivity index (χ3v) is 2.20. The molecule has 5 amide bonds. The number of amides is 5. The number of hydrogen-bond donors (Lipinski definition) is 4. The molecule has 1 saturated heterocycles. The average Bonchev–Trinajstić information content (AvgIpc) is 2.25. The van der Waals surface area contributed by atoms with Crippen molar-refractivity contribution in [1.29, 1.82) is 0 Å². The molecular weight excluding hydrogens is 232 g/mol. The summed E-state index contributed by atoms with van der Waals surface area (Å²) in [7, 11) is 0. The predicted octanol–water partition coefficient (Wildman–Crippen LogP) is -3.17. The molecule has 1 aliphatic heterocycles. The van der Waals surface area contributed by atoms with Crippen molar-refractivity contribution in [1.82, 2.24) is 10.6 Å². The van der Waals surface area contributed by atoms with E-state index in [0.717, 1.165) is 0 Å². The molecule has 0 spiro atoms. The first kappa shape index (κ1) is 12.8. The van der Waals surface area contributed by atoms with Crippen molar-refractivity contribution in [2.24, 2.45) is 11.8 Å². The Kier molecular flexibility index (Phi) is 3.53. The van der Waals surface area contributed by atoms with Crippen LogP contribution in [-0.2, 0) is 14.4 Å². The zero-order valence-electron chi connectivity index (χ0n) is 8.89. The number of imide groups is 2. The Morgan fingerprint density at radius 1 is 1.35 bits per heavy atom. The fourth-order valence-electron chi connectivity index (χ4n) is 1.31. The summed E-state index contributed by atoms with van der Waals surface area (Å²) in [6, 6.07) is -0.930. The van der Waals surface area contributed by atoms with Gasteiger partial charge in [0.2, 0.25) is 5.71 Å². The first-order valence-electron chi connectivity index (χ1n) is 4.56. The highest BCUT2D eigenvalue weighted by molar-refractivity contribution is 6.26. The fourth-order valence-corrected chi connectivity index (χ4v) is 1.31. The van der Waals surface area contributed by atoms with E-state index < -0.39 is 36.3 Å². The van der Waals surface area contributed by atoms with E-state index in [1.165, 1.54) is 6.92 Å². The van der Waals surface area contributed by atoms with Gasteiger partial charge in [-0.2, -0.15) is 0 Å². The summed E-state index contributed by atoms with van der Waals surface area (Å²) in [6.45, 7) is 0.413. The molecular formula is C8H11N4O5+. The molecule has 0 atom stereocenters. The number of carbonyl (C=O) groups excluding carboxylic acids is 4. The van der Waals surface area contributed by atoms with Crippen LogP contribution in [0.25, 0.3) is 0 Å². The second-order valence-corrected chi connectivity index (χ2v) is 3.30. The van der Waals surface area contributed by atoms with Crippen LogP contribution in [0.15, 0.2) is 0 Å². The minimum absolute atomic E-state index is 0.0912. The number of hydrazone groups is 1. The standard InChI is InChI=1S/C8H10N4O5/c1-3(12(9)4(14)2-13)5-6(15)10-8(17)11-7(5)16/h5,13H,2,9H2,1H3,(H-,10,11,15,16,17)/p+1/b12-3-. The van der Waals surface area contributed by atoms with Crippen LogP contribution in [-0.4, -0.2) is 45.9 Å². The smallest absolute Gasteiger partial charge is 0.382 e. The minimum atomic E-state index is -1.38. The van der Waals surface area contributed by atoms with Crippen LogP contribution in [0.1, 0.15) is 6.92 Å². The summed E-state index contributed by atoms with van der Waals surface area (Å²) >= 11 is 0. The molecule has 0 aromatic heterocycles. The van der Waals surface area contributed by atoms with Gasteiger partial charge in [0.1, 0.15) is 0 Å². The van der Waals surface area contributed by atoms with Crippen LogP contribution in [0.2, 0.25) is 0 Å². The fraction of sp³-hybridized carbons (Fsp3) is 0.375. The minimum Gasteiger partial charge on any atom is -0.382 e. The second-order valence-electron chi connectivity index (χ2n) is 3.30. The number of hydrazine groups is 1. The molecule has 5 N–H and O–H groups in total. The molecule has 1 heterocycles. The number of aliphatic hydroxyl groups excluding tert-OH is 1. The number of hydrogen-bond acceptors (Lipinski definition) is 6. The van der Waals surface area contributed by atoms with Crippen LogP contribution in [0.5, 0.6) is 0 Å². The van der Waals surface area contributed by atoms with Crippen molar-refractivity contribution in [3.8, 4) is 0 Å². The highest BCUT2D eigenvalue weighted by Gasteiger charge is 2.41. The summed E-state index contributed by atoms with van der Waals surface area (Å²) in [6.07, 6.45) is 0. The van der Waals surface area contributed by atoms with Crippen molar-refractivity contribution in [3.63, 3.8) is 0 Å². The zero-order chi connectivity index (χ0) is 13.2. The molecule has 0 bridgehead atoms. The molecule has 1 rings (SSSR count). The molecule has 17 heavy (non-hydrogen) atoms. The van der Waals surface area contributed by atoms with E-state index in [2.05, 4.69) is 0 Å². The third kappa shape index (κ3) is 2.45. The van der Waals surface area contributed by atoms with Gasteiger partial charge in [-0.15, -0.1) is 0 Å². The largest absolute Gasteiger partial charge is 0.439 e. The third-order valence-electron chi connectivity index (χ3n) is 2.20. The summed E-state index contributed by atoms with van der Waals surface area (Å²) in [5.74, 6) is 1.29. The zero-order valence-corrected chi connectivity index (χ0v) is 8.89. The predicted molar refractivity (Wildman–Crippen MR) is 52.4 cm³/mol. The van der Waals surface area contributed by atoms with Gasteiger partial charge in [0.05, 0.1) is 0 Å². The maximum absolute atomic E-state index is 11.4. The van der Waals surface area contributed by atoms with Gasteiger partial charge in [-0.3, -0.25) is 20.2 Å². The van der Waals surface area contributed by atoms with Crippen LogP contribution in [0, 0.1) is 5.92 Å². The molecule has 1 aliphatic rings. The molecule has 0 radical (unpaired) electrons. The van der Waals surface area contributed by atoms with E-state index in [0.29, 0.717) is 4.68 Å². The molecule has 0 aliphatic carbocycles. The van der Waals surface area contributed by atoms with E-state index in [1.807, 2.05) is 10.6 Å². The molecule has 0 saturated carbocycles. The maximum Gasteiger partial charge on any atom is 0.439 e.